The molecule has 17 heavy (non-hydrogen) atoms. The maximum Gasteiger partial charge on any atom is 0.119 e. The highest BCUT2D eigenvalue weighted by Crippen LogP contribution is 2.12. The Kier molecular flexibility index (Phi) is 5.97. The quantitative estimate of drug-likeness (QED) is 0.728. The van der Waals surface area contributed by atoms with Crippen molar-refractivity contribution < 1.29 is 14.9 Å². The first-order valence-corrected chi connectivity index (χ1v) is 5.77. The van der Waals surface area contributed by atoms with Crippen LogP contribution in [-0.4, -0.2) is 55.1 Å². The van der Waals surface area contributed by atoms with Gasteiger partial charge in [-0.3, -0.25) is 0 Å². The second-order valence-corrected chi connectivity index (χ2v) is 4.34. The molecule has 0 fully saturated rings. The summed E-state index contributed by atoms with van der Waals surface area (Å²) in [6.45, 7) is 1.03. The molecule has 0 spiro atoms. The highest BCUT2D eigenvalue weighted by Gasteiger charge is 2.06. The highest BCUT2D eigenvalue weighted by molar-refractivity contribution is 5.27. The van der Waals surface area contributed by atoms with Crippen molar-refractivity contribution in [1.29, 1.82) is 0 Å². The molecule has 0 bridgehead atoms. The average molecular weight is 239 g/mol. The van der Waals surface area contributed by atoms with Crippen LogP contribution in [0.5, 0.6) is 5.75 Å². The van der Waals surface area contributed by atoms with Crippen LogP contribution in [0.3, 0.4) is 0 Å². The van der Waals surface area contributed by atoms with Crippen molar-refractivity contribution in [3.8, 4) is 5.75 Å². The molecule has 1 rings (SSSR count). The number of ether oxygens (including phenoxy) is 1. The molecule has 4 heteroatoms. The third-order valence-electron chi connectivity index (χ3n) is 2.34. The molecule has 0 aromatic heterocycles. The Morgan fingerprint density at radius 3 is 2.41 bits per heavy atom. The van der Waals surface area contributed by atoms with E-state index in [1.165, 1.54) is 0 Å². The van der Waals surface area contributed by atoms with E-state index >= 15 is 0 Å². The van der Waals surface area contributed by atoms with Gasteiger partial charge in [-0.25, -0.2) is 0 Å². The van der Waals surface area contributed by atoms with E-state index in [1.807, 2.05) is 43.3 Å². The molecule has 0 aliphatic carbocycles. The molecular weight excluding hydrogens is 218 g/mol. The smallest absolute Gasteiger partial charge is 0.119 e. The van der Waals surface area contributed by atoms with Crippen LogP contribution in [0.2, 0.25) is 0 Å². The molecular formula is C13H21NO3. The van der Waals surface area contributed by atoms with Crippen LogP contribution in [-0.2, 0) is 6.42 Å². The van der Waals surface area contributed by atoms with Crippen molar-refractivity contribution >= 4 is 0 Å². The fraction of sp³-hybridized carbons (Fsp3) is 0.538. The molecule has 0 aliphatic heterocycles. The van der Waals surface area contributed by atoms with Gasteiger partial charge in [-0.2, -0.15) is 0 Å². The number of aliphatic hydroxyl groups is 2. The molecule has 0 radical (unpaired) electrons. The Morgan fingerprint density at radius 2 is 1.88 bits per heavy atom. The lowest BCUT2D eigenvalue weighted by atomic mass is 10.1. The predicted octanol–water partition coefficient (Wildman–Crippen LogP) is 0.523. The zero-order chi connectivity index (χ0) is 12.7. The maximum atomic E-state index is 9.62. The summed E-state index contributed by atoms with van der Waals surface area (Å²) in [5.41, 5.74) is 1.08. The van der Waals surface area contributed by atoms with Gasteiger partial charge in [-0.05, 0) is 38.2 Å². The van der Waals surface area contributed by atoms with Gasteiger partial charge in [0.1, 0.15) is 18.5 Å². The fourth-order valence-corrected chi connectivity index (χ4v) is 1.55. The Bertz CT molecular complexity index is 311. The van der Waals surface area contributed by atoms with E-state index in [-0.39, 0.29) is 13.2 Å². The summed E-state index contributed by atoms with van der Waals surface area (Å²) in [6, 6.07) is 7.55. The Hall–Kier alpha value is -1.10. The van der Waals surface area contributed by atoms with Crippen LogP contribution in [0.15, 0.2) is 24.3 Å². The van der Waals surface area contributed by atoms with E-state index in [9.17, 15) is 5.11 Å². The van der Waals surface area contributed by atoms with Crippen molar-refractivity contribution in [3.63, 3.8) is 0 Å². The van der Waals surface area contributed by atoms with E-state index in [0.717, 1.165) is 11.3 Å². The first-order valence-electron chi connectivity index (χ1n) is 5.77. The van der Waals surface area contributed by atoms with Crippen LogP contribution in [0.25, 0.3) is 0 Å². The number of nitrogens with zero attached hydrogens (tertiary/aromatic N) is 1. The standard InChI is InChI=1S/C13H21NO3/c1-14(2)9-12(16)10-17-13-5-3-11(4-6-13)7-8-15/h3-6,12,15-16H,7-10H2,1-2H3. The van der Waals surface area contributed by atoms with Crippen molar-refractivity contribution in [2.75, 3.05) is 33.9 Å². The molecule has 0 saturated carbocycles. The Labute approximate surface area is 102 Å². The second kappa shape index (κ2) is 7.27. The molecule has 96 valence electrons. The first-order chi connectivity index (χ1) is 8.11. The molecule has 2 N–H and O–H groups in total. The van der Waals surface area contributed by atoms with E-state index < -0.39 is 6.10 Å². The third kappa shape index (κ3) is 5.68. The van der Waals surface area contributed by atoms with Gasteiger partial charge in [0, 0.05) is 13.2 Å². The van der Waals surface area contributed by atoms with Crippen LogP contribution in [0.4, 0.5) is 0 Å². The van der Waals surface area contributed by atoms with Gasteiger partial charge >= 0.3 is 0 Å². The topological polar surface area (TPSA) is 52.9 Å². The molecule has 0 aliphatic rings. The molecule has 1 aromatic rings. The average Bonchev–Trinajstić information content (AvgIpc) is 2.28. The lowest BCUT2D eigenvalue weighted by molar-refractivity contribution is 0.0831. The van der Waals surface area contributed by atoms with Crippen molar-refractivity contribution in [2.24, 2.45) is 0 Å². The lowest BCUT2D eigenvalue weighted by Gasteiger charge is -2.16. The summed E-state index contributed by atoms with van der Waals surface area (Å²) >= 11 is 0. The van der Waals surface area contributed by atoms with Gasteiger partial charge in [0.2, 0.25) is 0 Å². The number of hydrogen-bond donors (Lipinski definition) is 2. The van der Waals surface area contributed by atoms with Gasteiger partial charge in [0.05, 0.1) is 0 Å². The summed E-state index contributed by atoms with van der Waals surface area (Å²) in [7, 11) is 3.82. The zero-order valence-electron chi connectivity index (χ0n) is 10.5. The number of aliphatic hydroxyl groups excluding tert-OH is 2. The molecule has 1 unspecified atom stereocenters. The molecule has 0 heterocycles. The summed E-state index contributed by atoms with van der Waals surface area (Å²) in [6.07, 6.45) is 0.172. The zero-order valence-corrected chi connectivity index (χ0v) is 10.5. The summed E-state index contributed by atoms with van der Waals surface area (Å²) < 4.78 is 5.46. The summed E-state index contributed by atoms with van der Waals surface area (Å²) in [5.74, 6) is 0.740. The molecule has 1 atom stereocenters. The van der Waals surface area contributed by atoms with Gasteiger partial charge < -0.3 is 19.8 Å². The third-order valence-corrected chi connectivity index (χ3v) is 2.34. The number of rotatable bonds is 7. The van der Waals surface area contributed by atoms with Gasteiger partial charge in [0.25, 0.3) is 0 Å². The number of hydrogen-bond acceptors (Lipinski definition) is 4. The highest BCUT2D eigenvalue weighted by atomic mass is 16.5. The normalized spacial score (nSPS) is 12.8. The van der Waals surface area contributed by atoms with Crippen LogP contribution < -0.4 is 4.74 Å². The number of likely N-dealkylation sites (N-methyl/N-ethyl adjacent to an activating group) is 1. The minimum Gasteiger partial charge on any atom is -0.491 e. The minimum absolute atomic E-state index is 0.155. The fourth-order valence-electron chi connectivity index (χ4n) is 1.55. The first kappa shape index (κ1) is 14.0. The van der Waals surface area contributed by atoms with Gasteiger partial charge in [-0.1, -0.05) is 12.1 Å². The van der Waals surface area contributed by atoms with E-state index in [2.05, 4.69) is 0 Å². The maximum absolute atomic E-state index is 9.62. The van der Waals surface area contributed by atoms with E-state index in [4.69, 9.17) is 9.84 Å². The number of benzene rings is 1. The van der Waals surface area contributed by atoms with Crippen LogP contribution in [0, 0.1) is 0 Å². The molecule has 0 saturated heterocycles. The summed E-state index contributed by atoms with van der Waals surface area (Å²) in [5, 5.41) is 18.4. The van der Waals surface area contributed by atoms with Gasteiger partial charge in [-0.15, -0.1) is 0 Å². The molecule has 4 nitrogen and oxygen atoms in total. The van der Waals surface area contributed by atoms with Crippen molar-refractivity contribution in [2.45, 2.75) is 12.5 Å². The summed E-state index contributed by atoms with van der Waals surface area (Å²) in [4.78, 5) is 1.92. The molecule has 0 amide bonds. The minimum atomic E-state index is -0.484. The Morgan fingerprint density at radius 1 is 1.24 bits per heavy atom. The van der Waals surface area contributed by atoms with Crippen LogP contribution >= 0.6 is 0 Å². The van der Waals surface area contributed by atoms with Gasteiger partial charge in [0.15, 0.2) is 0 Å². The predicted molar refractivity (Wildman–Crippen MR) is 67.3 cm³/mol. The van der Waals surface area contributed by atoms with E-state index in [1.54, 1.807) is 0 Å². The Balaban J connectivity index is 2.36. The monoisotopic (exact) mass is 239 g/mol. The molecule has 1 aromatic carbocycles. The largest absolute Gasteiger partial charge is 0.491 e. The SMILES string of the molecule is CN(C)CC(O)COc1ccc(CCO)cc1. The van der Waals surface area contributed by atoms with Crippen LogP contribution in [0.1, 0.15) is 5.56 Å². The van der Waals surface area contributed by atoms with E-state index in [0.29, 0.717) is 13.0 Å². The van der Waals surface area contributed by atoms with Crippen molar-refractivity contribution in [1.82, 2.24) is 4.90 Å². The lowest BCUT2D eigenvalue weighted by Crippen LogP contribution is -2.30. The second-order valence-electron chi connectivity index (χ2n) is 4.34. The van der Waals surface area contributed by atoms with Crippen molar-refractivity contribution in [3.05, 3.63) is 29.8 Å².